The number of nitrogens with zero attached hydrogens (tertiary/aromatic N) is 5. The summed E-state index contributed by atoms with van der Waals surface area (Å²) >= 11 is 1.69. The molecule has 0 aliphatic rings. The van der Waals surface area contributed by atoms with Gasteiger partial charge in [0.15, 0.2) is 11.5 Å². The van der Waals surface area contributed by atoms with E-state index in [-0.39, 0.29) is 24.2 Å². The number of nitrogens with one attached hydrogen (secondary N) is 1. The molecule has 0 aliphatic carbocycles. The molecule has 4 rings (SSSR count). The van der Waals surface area contributed by atoms with Crippen molar-refractivity contribution >= 4 is 39.9 Å². The Morgan fingerprint density at radius 2 is 2.07 bits per heavy atom. The van der Waals surface area contributed by atoms with Crippen molar-refractivity contribution in [1.82, 2.24) is 24.5 Å². The highest BCUT2D eigenvalue weighted by molar-refractivity contribution is 7.98. The van der Waals surface area contributed by atoms with Crippen molar-refractivity contribution in [3.05, 3.63) is 70.8 Å². The van der Waals surface area contributed by atoms with Crippen LogP contribution in [0.3, 0.4) is 0 Å². The number of nitro groups is 1. The van der Waals surface area contributed by atoms with E-state index in [0.717, 1.165) is 11.4 Å². The van der Waals surface area contributed by atoms with Gasteiger partial charge in [0, 0.05) is 18.5 Å². The number of carbonyl (C=O) groups is 1. The third-order valence-electron chi connectivity index (χ3n) is 4.90. The summed E-state index contributed by atoms with van der Waals surface area (Å²) in [4.78, 5) is 23.7. The summed E-state index contributed by atoms with van der Waals surface area (Å²) in [6.45, 7) is 0.0527. The van der Waals surface area contributed by atoms with Crippen LogP contribution in [0.15, 0.2) is 54.9 Å². The van der Waals surface area contributed by atoms with E-state index >= 15 is 0 Å². The molecule has 0 spiro atoms. The number of nitro benzene ring substituents is 1. The van der Waals surface area contributed by atoms with Gasteiger partial charge in [-0.1, -0.05) is 12.1 Å². The Bertz CT molecular complexity index is 1220. The Kier molecular flexibility index (Phi) is 5.66. The summed E-state index contributed by atoms with van der Waals surface area (Å²) in [5.41, 5.74) is 1.40. The molecule has 0 bridgehead atoms. The quantitative estimate of drug-likeness (QED) is 0.344. The lowest BCUT2D eigenvalue weighted by molar-refractivity contribution is -0.383. The van der Waals surface area contributed by atoms with Gasteiger partial charge in [0.2, 0.25) is 5.91 Å². The summed E-state index contributed by atoms with van der Waals surface area (Å²) in [7, 11) is 0. The molecule has 10 heteroatoms. The van der Waals surface area contributed by atoms with Crippen LogP contribution in [0.5, 0.6) is 0 Å². The molecule has 30 heavy (non-hydrogen) atoms. The first kappa shape index (κ1) is 19.9. The van der Waals surface area contributed by atoms with Gasteiger partial charge in [0.25, 0.3) is 5.69 Å². The highest BCUT2D eigenvalue weighted by Crippen LogP contribution is 2.26. The van der Waals surface area contributed by atoms with Crippen LogP contribution in [-0.2, 0) is 11.3 Å². The number of pyridine rings is 1. The van der Waals surface area contributed by atoms with Crippen LogP contribution >= 0.6 is 11.8 Å². The fraction of sp³-hybridized carbons (Fsp3) is 0.250. The SMILES string of the molecule is CSCC[C@@H](NC(=O)Cn1ccc2c([N+](=O)[O-])cccc21)c1nnc2ccccn12. The molecular weight excluding hydrogens is 404 g/mol. The number of carbonyl (C=O) groups excluding carboxylic acids is 1. The standard InChI is InChI=1S/C20H20N6O3S/c1-30-12-9-15(20-23-22-18-7-2-3-10-25(18)20)21-19(27)13-24-11-8-14-16(24)5-4-6-17(14)26(28)29/h2-8,10-11,15H,9,12-13H2,1H3,(H,21,27)/t15-/m1/s1. The van der Waals surface area contributed by atoms with E-state index < -0.39 is 4.92 Å². The third kappa shape index (κ3) is 3.86. The second-order valence-electron chi connectivity index (χ2n) is 6.80. The molecule has 0 radical (unpaired) electrons. The van der Waals surface area contributed by atoms with Gasteiger partial charge in [-0.25, -0.2) is 0 Å². The van der Waals surface area contributed by atoms with Crippen molar-refractivity contribution in [1.29, 1.82) is 0 Å². The summed E-state index contributed by atoms with van der Waals surface area (Å²) in [5, 5.41) is 23.3. The highest BCUT2D eigenvalue weighted by atomic mass is 32.2. The lowest BCUT2D eigenvalue weighted by Gasteiger charge is -2.17. The van der Waals surface area contributed by atoms with Crippen LogP contribution in [0.1, 0.15) is 18.3 Å². The smallest absolute Gasteiger partial charge is 0.278 e. The van der Waals surface area contributed by atoms with Crippen LogP contribution in [0.25, 0.3) is 16.6 Å². The maximum absolute atomic E-state index is 12.8. The lowest BCUT2D eigenvalue weighted by atomic mass is 10.2. The Labute approximate surface area is 176 Å². The minimum Gasteiger partial charge on any atom is -0.344 e. The van der Waals surface area contributed by atoms with E-state index in [1.54, 1.807) is 40.7 Å². The normalized spacial score (nSPS) is 12.3. The number of amides is 1. The number of non-ortho nitro benzene ring substituents is 1. The average Bonchev–Trinajstić information content (AvgIpc) is 3.35. The highest BCUT2D eigenvalue weighted by Gasteiger charge is 2.21. The van der Waals surface area contributed by atoms with Crippen molar-refractivity contribution in [3.63, 3.8) is 0 Å². The van der Waals surface area contributed by atoms with Gasteiger partial charge in [-0.05, 0) is 42.7 Å². The van der Waals surface area contributed by atoms with Gasteiger partial charge in [0.1, 0.15) is 6.54 Å². The van der Waals surface area contributed by atoms with Crippen LogP contribution in [0.2, 0.25) is 0 Å². The predicted octanol–water partition coefficient (Wildman–Crippen LogP) is 3.20. The minimum absolute atomic E-state index is 0.0273. The molecular formula is C20H20N6O3S. The molecule has 0 saturated heterocycles. The maximum Gasteiger partial charge on any atom is 0.278 e. The van der Waals surface area contributed by atoms with Crippen LogP contribution in [0, 0.1) is 10.1 Å². The number of hydrogen-bond acceptors (Lipinski definition) is 6. The van der Waals surface area contributed by atoms with Crippen molar-refractivity contribution in [3.8, 4) is 0 Å². The van der Waals surface area contributed by atoms with Gasteiger partial charge < -0.3 is 9.88 Å². The Balaban J connectivity index is 1.57. The Morgan fingerprint density at radius 3 is 2.87 bits per heavy atom. The second kappa shape index (κ2) is 8.54. The number of thioether (sulfide) groups is 1. The minimum atomic E-state index is -0.415. The molecule has 1 N–H and O–H groups in total. The molecule has 1 amide bonds. The largest absolute Gasteiger partial charge is 0.344 e. The zero-order valence-electron chi connectivity index (χ0n) is 16.3. The zero-order valence-corrected chi connectivity index (χ0v) is 17.1. The fourth-order valence-electron chi connectivity index (χ4n) is 3.50. The van der Waals surface area contributed by atoms with Gasteiger partial charge in [-0.3, -0.25) is 19.3 Å². The topological polar surface area (TPSA) is 107 Å². The average molecular weight is 424 g/mol. The molecule has 0 fully saturated rings. The molecule has 1 atom stereocenters. The molecule has 0 saturated carbocycles. The van der Waals surface area contributed by atoms with Crippen LogP contribution < -0.4 is 5.32 Å². The Hall–Kier alpha value is -3.40. The van der Waals surface area contributed by atoms with E-state index in [9.17, 15) is 14.9 Å². The number of rotatable bonds is 8. The van der Waals surface area contributed by atoms with Crippen molar-refractivity contribution in [2.45, 2.75) is 19.0 Å². The molecule has 3 heterocycles. The van der Waals surface area contributed by atoms with Gasteiger partial charge in [-0.2, -0.15) is 11.8 Å². The number of fused-ring (bicyclic) bond motifs is 2. The first-order valence-corrected chi connectivity index (χ1v) is 10.8. The number of benzene rings is 1. The monoisotopic (exact) mass is 424 g/mol. The lowest BCUT2D eigenvalue weighted by Crippen LogP contribution is -2.33. The van der Waals surface area contributed by atoms with Gasteiger partial charge >= 0.3 is 0 Å². The van der Waals surface area contributed by atoms with E-state index in [2.05, 4.69) is 15.5 Å². The van der Waals surface area contributed by atoms with E-state index in [1.807, 2.05) is 35.1 Å². The summed E-state index contributed by atoms with van der Waals surface area (Å²) in [5.74, 6) is 1.34. The number of aromatic nitrogens is 4. The molecule has 0 unspecified atom stereocenters. The molecule has 1 aromatic carbocycles. The van der Waals surface area contributed by atoms with Crippen molar-refractivity contribution < 1.29 is 9.72 Å². The van der Waals surface area contributed by atoms with Gasteiger partial charge in [0.05, 0.1) is 21.9 Å². The van der Waals surface area contributed by atoms with Crippen molar-refractivity contribution in [2.75, 3.05) is 12.0 Å². The van der Waals surface area contributed by atoms with Crippen molar-refractivity contribution in [2.24, 2.45) is 0 Å². The zero-order chi connectivity index (χ0) is 21.1. The summed E-state index contributed by atoms with van der Waals surface area (Å²) < 4.78 is 3.59. The third-order valence-corrected chi connectivity index (χ3v) is 5.54. The van der Waals surface area contributed by atoms with Gasteiger partial charge in [-0.15, -0.1) is 10.2 Å². The molecule has 154 valence electrons. The second-order valence-corrected chi connectivity index (χ2v) is 7.78. The predicted molar refractivity (Wildman–Crippen MR) is 115 cm³/mol. The van der Waals surface area contributed by atoms with Crippen LogP contribution in [-0.4, -0.2) is 42.0 Å². The van der Waals surface area contributed by atoms with E-state index in [4.69, 9.17) is 0 Å². The first-order valence-electron chi connectivity index (χ1n) is 9.38. The molecule has 4 aromatic rings. The van der Waals surface area contributed by atoms with E-state index in [1.165, 1.54) is 6.07 Å². The summed E-state index contributed by atoms with van der Waals surface area (Å²) in [6, 6.07) is 11.9. The Morgan fingerprint density at radius 1 is 1.20 bits per heavy atom. The molecule has 9 nitrogen and oxygen atoms in total. The summed E-state index contributed by atoms with van der Waals surface area (Å²) in [6.07, 6.45) is 6.29. The van der Waals surface area contributed by atoms with Crippen LogP contribution in [0.4, 0.5) is 5.69 Å². The fourth-order valence-corrected chi connectivity index (χ4v) is 3.97. The maximum atomic E-state index is 12.8. The van der Waals surface area contributed by atoms with E-state index in [0.29, 0.717) is 23.1 Å². The number of hydrogen-bond donors (Lipinski definition) is 1. The molecule has 0 aliphatic heterocycles. The first-order chi connectivity index (χ1) is 14.6. The molecule has 3 aromatic heterocycles.